The van der Waals surface area contributed by atoms with Crippen LogP contribution in [0.3, 0.4) is 0 Å². The molecule has 0 spiro atoms. The van der Waals surface area contributed by atoms with E-state index in [1.165, 1.54) is 0 Å². The summed E-state index contributed by atoms with van der Waals surface area (Å²) in [7, 11) is 0. The average Bonchev–Trinajstić information content (AvgIpc) is 3.25. The number of aryl methyl sites for hydroxylation is 1. The number of hydrogen-bond donors (Lipinski definition) is 1. The van der Waals surface area contributed by atoms with Gasteiger partial charge in [-0.15, -0.1) is 0 Å². The molecular weight excluding hydrogens is 420 g/mol. The van der Waals surface area contributed by atoms with Gasteiger partial charge in [-0.1, -0.05) is 31.2 Å². The van der Waals surface area contributed by atoms with E-state index in [0.29, 0.717) is 40.7 Å². The molecule has 0 saturated heterocycles. The van der Waals surface area contributed by atoms with Crippen molar-refractivity contribution in [3.05, 3.63) is 81.5 Å². The van der Waals surface area contributed by atoms with Gasteiger partial charge in [0.05, 0.1) is 22.0 Å². The Labute approximate surface area is 183 Å². The predicted molar refractivity (Wildman–Crippen MR) is 119 cm³/mol. The molecule has 0 aliphatic heterocycles. The van der Waals surface area contributed by atoms with Gasteiger partial charge in [0.25, 0.3) is 0 Å². The van der Waals surface area contributed by atoms with Gasteiger partial charge in [0.2, 0.25) is 0 Å². The fraction of sp³-hybridized carbons (Fsp3) is 0.304. The van der Waals surface area contributed by atoms with Crippen LogP contribution in [0.1, 0.15) is 42.6 Å². The summed E-state index contributed by atoms with van der Waals surface area (Å²) in [4.78, 5) is 11.8. The summed E-state index contributed by atoms with van der Waals surface area (Å²) in [6.07, 6.45) is 3.46. The first-order valence-electron chi connectivity index (χ1n) is 9.65. The molecule has 1 aromatic carbocycles. The molecule has 2 atom stereocenters. The van der Waals surface area contributed by atoms with E-state index in [4.69, 9.17) is 9.47 Å². The topological polar surface area (TPSA) is 72.8 Å². The third-order valence-electron chi connectivity index (χ3n) is 4.94. The van der Waals surface area contributed by atoms with Gasteiger partial charge < -0.3 is 14.6 Å². The Kier molecular flexibility index (Phi) is 7.65. The summed E-state index contributed by atoms with van der Waals surface area (Å²) in [6, 6.07) is 9.77. The molecule has 1 heterocycles. The minimum absolute atomic E-state index is 0.00904. The van der Waals surface area contributed by atoms with Crippen LogP contribution in [-0.4, -0.2) is 20.1 Å². The number of rotatable bonds is 9. The highest BCUT2D eigenvalue weighted by molar-refractivity contribution is 7.67. The van der Waals surface area contributed by atoms with E-state index in [2.05, 4.69) is 0 Å². The molecule has 0 amide bonds. The molecule has 30 heavy (non-hydrogen) atoms. The maximum Gasteiger partial charge on any atom is 0.303 e. The van der Waals surface area contributed by atoms with Gasteiger partial charge in [0.15, 0.2) is 0 Å². The van der Waals surface area contributed by atoms with E-state index < -0.39 is 12.1 Å². The number of ether oxygens (including phenoxy) is 2. The van der Waals surface area contributed by atoms with Crippen LogP contribution < -0.4 is 0 Å². The molecular formula is C23H24O5S2. The quantitative estimate of drug-likeness (QED) is 0.551. The molecule has 2 aromatic rings. The van der Waals surface area contributed by atoms with E-state index >= 15 is 0 Å². The number of aliphatic carboxylic acids is 1. The van der Waals surface area contributed by atoms with Gasteiger partial charge in [0, 0.05) is 12.5 Å². The van der Waals surface area contributed by atoms with Crippen LogP contribution in [0, 0.1) is 12.8 Å². The highest BCUT2D eigenvalue weighted by atomic mass is 32.1. The first-order chi connectivity index (χ1) is 14.5. The molecule has 0 fully saturated rings. The minimum Gasteiger partial charge on any atom is -0.489 e. The Bertz CT molecular complexity index is 1000. The molecule has 2 unspecified atom stereocenters. The van der Waals surface area contributed by atoms with Gasteiger partial charge in [-0.05, 0) is 52.9 Å². The lowest BCUT2D eigenvalue weighted by Crippen LogP contribution is -2.21. The van der Waals surface area contributed by atoms with E-state index in [9.17, 15) is 14.1 Å². The minimum atomic E-state index is -0.870. The lowest BCUT2D eigenvalue weighted by molar-refractivity contribution is -0.137. The van der Waals surface area contributed by atoms with Crippen molar-refractivity contribution in [1.82, 2.24) is 0 Å². The zero-order valence-corrected chi connectivity index (χ0v) is 18.5. The second-order valence-electron chi connectivity index (χ2n) is 7.12. The zero-order valence-electron chi connectivity index (χ0n) is 16.9. The smallest absolute Gasteiger partial charge is 0.303 e. The van der Waals surface area contributed by atoms with Crippen molar-refractivity contribution in [3.8, 4) is 0 Å². The summed E-state index contributed by atoms with van der Waals surface area (Å²) in [5.74, 6) is 0.0754. The monoisotopic (exact) mass is 444 g/mol. The van der Waals surface area contributed by atoms with Crippen molar-refractivity contribution in [1.29, 1.82) is 0 Å². The van der Waals surface area contributed by atoms with Crippen LogP contribution in [-0.2, 0) is 32.1 Å². The molecule has 5 nitrogen and oxygen atoms in total. The van der Waals surface area contributed by atoms with Gasteiger partial charge >= 0.3 is 5.97 Å². The Morgan fingerprint density at radius 3 is 2.73 bits per heavy atom. The highest BCUT2D eigenvalue weighted by Crippen LogP contribution is 2.33. The Morgan fingerprint density at radius 2 is 2.07 bits per heavy atom. The molecule has 1 aliphatic rings. The third kappa shape index (κ3) is 5.70. The maximum atomic E-state index is 11.7. The summed E-state index contributed by atoms with van der Waals surface area (Å²) in [6.45, 7) is 4.29. The van der Waals surface area contributed by atoms with Crippen LogP contribution >= 0.6 is 11.3 Å². The van der Waals surface area contributed by atoms with Crippen LogP contribution in [0.5, 0.6) is 0 Å². The fourth-order valence-electron chi connectivity index (χ4n) is 3.21. The Morgan fingerprint density at radius 1 is 1.27 bits per heavy atom. The van der Waals surface area contributed by atoms with Gasteiger partial charge in [-0.3, -0.25) is 4.79 Å². The first-order valence-corrected chi connectivity index (χ1v) is 11.3. The molecule has 1 aliphatic carbocycles. The number of allylic oxidation sites excluding steroid dienone is 3. The fourth-order valence-corrected chi connectivity index (χ4v) is 4.29. The number of hydrogen-bond acceptors (Lipinski definition) is 5. The van der Waals surface area contributed by atoms with Crippen LogP contribution in [0.2, 0.25) is 0 Å². The third-order valence-corrected chi connectivity index (χ3v) is 6.33. The van der Waals surface area contributed by atoms with E-state index in [-0.39, 0.29) is 12.3 Å². The second kappa shape index (κ2) is 10.4. The average molecular weight is 445 g/mol. The van der Waals surface area contributed by atoms with Crippen molar-refractivity contribution in [3.63, 3.8) is 0 Å². The SMILES string of the molecule is Cc1ccccc1C(CCC(=O)O)OC1=CC(OCc2ccsc2)=CC(=S=O)C1C. The second-order valence-corrected chi connectivity index (χ2v) is 8.53. The van der Waals surface area contributed by atoms with Crippen LogP contribution in [0.4, 0.5) is 0 Å². The summed E-state index contributed by atoms with van der Waals surface area (Å²) in [5, 5.41) is 13.2. The standard InChI is InChI=1S/C23H24O5S2/c1-15-5-3-4-6-19(15)20(7-8-23(24)25)28-21-11-18(12-22(30-26)16(21)2)27-13-17-9-10-29-14-17/h3-6,9-12,14,16,20H,7-8,13H2,1-2H3,(H,24,25). The van der Waals surface area contributed by atoms with Crippen molar-refractivity contribution >= 4 is 33.4 Å². The number of carbonyl (C=O) groups is 1. The number of carboxylic acids is 1. The molecule has 0 saturated carbocycles. The van der Waals surface area contributed by atoms with E-state index in [1.807, 2.05) is 61.0 Å². The lowest BCUT2D eigenvalue weighted by atomic mass is 9.97. The van der Waals surface area contributed by atoms with Crippen LogP contribution in [0.15, 0.2) is 64.8 Å². The molecule has 3 rings (SSSR count). The largest absolute Gasteiger partial charge is 0.489 e. The summed E-state index contributed by atoms with van der Waals surface area (Å²) in [5.41, 5.74) is 3.04. The molecule has 0 bridgehead atoms. The number of carboxylic acid groups (broad SMARTS) is 1. The molecule has 0 radical (unpaired) electrons. The number of benzene rings is 1. The van der Waals surface area contributed by atoms with Gasteiger partial charge in [-0.2, -0.15) is 11.3 Å². The van der Waals surface area contributed by atoms with E-state index in [0.717, 1.165) is 16.7 Å². The normalized spacial score (nSPS) is 17.0. The zero-order chi connectivity index (χ0) is 21.5. The van der Waals surface area contributed by atoms with Crippen molar-refractivity contribution in [2.45, 2.75) is 39.4 Å². The van der Waals surface area contributed by atoms with Crippen LogP contribution in [0.25, 0.3) is 0 Å². The Balaban J connectivity index is 1.85. The van der Waals surface area contributed by atoms with E-state index in [1.54, 1.807) is 17.4 Å². The molecule has 1 aromatic heterocycles. The lowest BCUT2D eigenvalue weighted by Gasteiger charge is -2.27. The predicted octanol–water partition coefficient (Wildman–Crippen LogP) is 5.00. The van der Waals surface area contributed by atoms with Gasteiger partial charge in [-0.25, -0.2) is 4.21 Å². The first kappa shape index (κ1) is 22.1. The van der Waals surface area contributed by atoms with Crippen molar-refractivity contribution in [2.24, 2.45) is 5.92 Å². The van der Waals surface area contributed by atoms with Crippen molar-refractivity contribution in [2.75, 3.05) is 0 Å². The van der Waals surface area contributed by atoms with Gasteiger partial charge in [0.1, 0.15) is 24.2 Å². The number of thiophene rings is 1. The molecule has 1 N–H and O–H groups in total. The summed E-state index contributed by atoms with van der Waals surface area (Å²) < 4.78 is 23.9. The molecule has 158 valence electrons. The summed E-state index contributed by atoms with van der Waals surface area (Å²) >= 11 is 2.03. The Hall–Kier alpha value is -2.64. The van der Waals surface area contributed by atoms with Crippen molar-refractivity contribution < 1.29 is 23.6 Å². The molecule has 7 heteroatoms. The maximum absolute atomic E-state index is 11.7. The highest BCUT2D eigenvalue weighted by Gasteiger charge is 2.26.